The molecule has 0 N–H and O–H groups in total. The highest BCUT2D eigenvalue weighted by atomic mass is 28.3. The number of hydrogen-bond acceptors (Lipinski definition) is 1. The molecular weight excluding hydrogens is 104 g/mol. The van der Waals surface area contributed by atoms with Crippen LogP contribution in [0.3, 0.4) is 0 Å². The second-order valence-corrected chi connectivity index (χ2v) is 4.18. The quantitative estimate of drug-likeness (QED) is 0.437. The lowest BCUT2D eigenvalue weighted by Gasteiger charge is -2.03. The van der Waals surface area contributed by atoms with E-state index < -0.39 is 8.68 Å². The van der Waals surface area contributed by atoms with E-state index in [-0.39, 0.29) is 0 Å². The molecule has 0 atom stereocenters. The van der Waals surface area contributed by atoms with Crippen molar-refractivity contribution in [2.75, 3.05) is 0 Å². The van der Waals surface area contributed by atoms with Crippen LogP contribution in [0, 0.1) is 0 Å². The summed E-state index contributed by atoms with van der Waals surface area (Å²) < 4.78 is 10.6. The van der Waals surface area contributed by atoms with Gasteiger partial charge in [0.25, 0.3) is 8.68 Å². The van der Waals surface area contributed by atoms with Crippen molar-refractivity contribution < 1.29 is 4.46 Å². The molecule has 1 saturated heterocycles. The van der Waals surface area contributed by atoms with Gasteiger partial charge in [-0.3, -0.25) is 0 Å². The average molecular weight is 114 g/mol. The molecule has 0 aromatic carbocycles. The first-order chi connectivity index (χ1) is 3.39. The molecule has 1 aliphatic heterocycles. The Hall–Kier alpha value is 0.0169. The summed E-state index contributed by atoms with van der Waals surface area (Å²) in [5.41, 5.74) is 0. The summed E-state index contributed by atoms with van der Waals surface area (Å²) >= 11 is 0. The lowest BCUT2D eigenvalue weighted by atomic mass is 10.3. The fraction of sp³-hybridized carbons (Fsp3) is 1.00. The Kier molecular flexibility index (Phi) is 1.74. The van der Waals surface area contributed by atoms with Crippen molar-refractivity contribution in [1.82, 2.24) is 0 Å². The fourth-order valence-corrected chi connectivity index (χ4v) is 2.48. The van der Waals surface area contributed by atoms with Gasteiger partial charge in [0.15, 0.2) is 0 Å². The van der Waals surface area contributed by atoms with E-state index in [2.05, 4.69) is 0 Å². The van der Waals surface area contributed by atoms with Gasteiger partial charge in [0.05, 0.1) is 0 Å². The van der Waals surface area contributed by atoms with E-state index in [1.807, 2.05) is 0 Å². The van der Waals surface area contributed by atoms with Crippen molar-refractivity contribution in [3.05, 3.63) is 0 Å². The summed E-state index contributed by atoms with van der Waals surface area (Å²) in [7, 11) is -1.04. The van der Waals surface area contributed by atoms with E-state index in [4.69, 9.17) is 0 Å². The molecule has 1 heterocycles. The maximum absolute atomic E-state index is 10.6. The molecule has 7 heavy (non-hydrogen) atoms. The highest BCUT2D eigenvalue weighted by molar-refractivity contribution is 6.42. The van der Waals surface area contributed by atoms with Gasteiger partial charge in [-0.15, -0.1) is 0 Å². The second-order valence-electron chi connectivity index (χ2n) is 2.10. The largest absolute Gasteiger partial charge is 0.388 e. The van der Waals surface area contributed by atoms with Crippen molar-refractivity contribution in [2.45, 2.75) is 31.4 Å². The first-order valence-electron chi connectivity index (χ1n) is 2.91. The molecule has 0 amide bonds. The maximum atomic E-state index is 10.6. The third kappa shape index (κ3) is 1.51. The van der Waals surface area contributed by atoms with E-state index >= 15 is 0 Å². The Labute approximate surface area is 45.4 Å². The second kappa shape index (κ2) is 2.36. The molecule has 0 radical (unpaired) electrons. The van der Waals surface area contributed by atoms with Crippen LogP contribution in [0.25, 0.3) is 0 Å². The SMILES string of the molecule is O=[Si]1CCCCC1. The van der Waals surface area contributed by atoms with E-state index in [1.54, 1.807) is 0 Å². The average Bonchev–Trinajstić information content (AvgIpc) is 1.69. The number of hydrogen-bond donors (Lipinski definition) is 0. The van der Waals surface area contributed by atoms with Crippen LogP contribution in [-0.2, 0) is 4.46 Å². The van der Waals surface area contributed by atoms with Gasteiger partial charge in [0, 0.05) is 0 Å². The molecule has 0 aromatic heterocycles. The topological polar surface area (TPSA) is 17.1 Å². The summed E-state index contributed by atoms with van der Waals surface area (Å²) in [6.45, 7) is 0. The summed E-state index contributed by atoms with van der Waals surface area (Å²) in [5, 5.41) is 0. The van der Waals surface area contributed by atoms with Crippen LogP contribution in [0.2, 0.25) is 12.1 Å². The molecule has 0 spiro atoms. The Morgan fingerprint density at radius 2 is 1.57 bits per heavy atom. The van der Waals surface area contributed by atoms with Crippen LogP contribution in [0.1, 0.15) is 19.3 Å². The first-order valence-corrected chi connectivity index (χ1v) is 4.73. The third-order valence-electron chi connectivity index (χ3n) is 1.41. The zero-order chi connectivity index (χ0) is 5.11. The molecule has 0 unspecified atom stereocenters. The van der Waals surface area contributed by atoms with Gasteiger partial charge in [-0.05, 0) is 24.9 Å². The minimum atomic E-state index is -1.04. The van der Waals surface area contributed by atoms with Crippen molar-refractivity contribution in [2.24, 2.45) is 0 Å². The molecule has 1 nitrogen and oxygen atoms in total. The van der Waals surface area contributed by atoms with Crippen molar-refractivity contribution >= 4 is 8.68 Å². The van der Waals surface area contributed by atoms with Gasteiger partial charge < -0.3 is 4.46 Å². The molecule has 1 fully saturated rings. The highest BCUT2D eigenvalue weighted by Gasteiger charge is 2.08. The lowest BCUT2D eigenvalue weighted by Crippen LogP contribution is -2.03. The van der Waals surface area contributed by atoms with Crippen LogP contribution in [0.15, 0.2) is 0 Å². The lowest BCUT2D eigenvalue weighted by molar-refractivity contribution is 0.540. The summed E-state index contributed by atoms with van der Waals surface area (Å²) in [6.07, 6.45) is 3.76. The molecule has 40 valence electrons. The predicted molar refractivity (Wildman–Crippen MR) is 29.9 cm³/mol. The fourth-order valence-electron chi connectivity index (χ4n) is 0.946. The van der Waals surface area contributed by atoms with E-state index in [9.17, 15) is 4.46 Å². The number of rotatable bonds is 0. The Bertz CT molecular complexity index is 72.1. The van der Waals surface area contributed by atoms with Crippen LogP contribution < -0.4 is 0 Å². The summed E-state index contributed by atoms with van der Waals surface area (Å²) in [6, 6.07) is 2.06. The van der Waals surface area contributed by atoms with Gasteiger partial charge in [0.2, 0.25) is 0 Å². The first kappa shape index (κ1) is 5.16. The van der Waals surface area contributed by atoms with Gasteiger partial charge in [-0.25, -0.2) is 0 Å². The maximum Gasteiger partial charge on any atom is 0.276 e. The molecule has 0 aliphatic carbocycles. The van der Waals surface area contributed by atoms with E-state index in [0.29, 0.717) is 0 Å². The van der Waals surface area contributed by atoms with Gasteiger partial charge >= 0.3 is 0 Å². The predicted octanol–water partition coefficient (Wildman–Crippen LogP) is 1.59. The zero-order valence-electron chi connectivity index (χ0n) is 4.44. The third-order valence-corrected chi connectivity index (χ3v) is 3.23. The highest BCUT2D eigenvalue weighted by Crippen LogP contribution is 2.13. The molecule has 0 bridgehead atoms. The zero-order valence-corrected chi connectivity index (χ0v) is 5.44. The van der Waals surface area contributed by atoms with Crippen molar-refractivity contribution in [3.63, 3.8) is 0 Å². The van der Waals surface area contributed by atoms with E-state index in [0.717, 1.165) is 12.1 Å². The molecule has 2 heteroatoms. The molecular formula is C5H10OSi. The minimum absolute atomic E-state index is 1.03. The Balaban J connectivity index is 2.25. The summed E-state index contributed by atoms with van der Waals surface area (Å²) in [5.74, 6) is 0. The van der Waals surface area contributed by atoms with Gasteiger partial charge in [-0.1, -0.05) is 6.42 Å². The Morgan fingerprint density at radius 3 is 1.86 bits per heavy atom. The molecule has 1 aliphatic rings. The van der Waals surface area contributed by atoms with E-state index in [1.165, 1.54) is 19.3 Å². The summed E-state index contributed by atoms with van der Waals surface area (Å²) in [4.78, 5) is 0. The Morgan fingerprint density at radius 1 is 1.00 bits per heavy atom. The van der Waals surface area contributed by atoms with Crippen LogP contribution >= 0.6 is 0 Å². The molecule has 0 aromatic rings. The normalized spacial score (nSPS) is 22.6. The van der Waals surface area contributed by atoms with Crippen molar-refractivity contribution in [1.29, 1.82) is 0 Å². The monoisotopic (exact) mass is 114 g/mol. The molecule has 0 saturated carbocycles. The van der Waals surface area contributed by atoms with Crippen LogP contribution in [0.5, 0.6) is 0 Å². The van der Waals surface area contributed by atoms with Gasteiger partial charge in [-0.2, -0.15) is 0 Å². The van der Waals surface area contributed by atoms with Crippen molar-refractivity contribution in [3.8, 4) is 0 Å². The van der Waals surface area contributed by atoms with Gasteiger partial charge in [0.1, 0.15) is 0 Å². The molecule has 1 rings (SSSR count). The smallest absolute Gasteiger partial charge is 0.276 e. The van der Waals surface area contributed by atoms with Crippen LogP contribution in [-0.4, -0.2) is 8.68 Å². The van der Waals surface area contributed by atoms with Crippen LogP contribution in [0.4, 0.5) is 0 Å². The standard InChI is InChI=1S/C5H10OSi/c6-7-4-2-1-3-5-7/h1-5H2. The minimum Gasteiger partial charge on any atom is -0.388 e.